The standard InChI is InChI=1S/C91H133N11O23/c1-58-14-10-9-11-15-59(2)78(112-7)52-69-22-17-63(6)91(111,125-69)84(107)87(108)101-28-13-12-16-72(101)88(109)122-79(54-75(105)62(5)47-61(4)74(104)53-73(103)60(3)46-58)70(92)49-64-19-23-77(80(50-64)113-8)124-90(110)95-27-31-115-33-35-117-37-39-119-41-43-121-45-44-120-42-40-118-38-36-116-34-32-114-30-26-81(106)100-29-25-66-48-65(18-20-68(66)56-100)55-102-86-82(85(93)96-57-97-86)83(99-102)67-21-24-76-71(51-67)98-89(94)123-76/h9-11,14-15,18,20-21,24,47-48,51,57-58,60,62-64,69-70,72,74-75,77-80,104-105,111H,12-13,16-17,19,22-23,25-46,49-50,52-56,92H2,1-8H3,(H2,94,98)(H,95,110)(H2,93,96,97)/b11-9?,14-10+,59-15?,61-47+/t58-,60-,62-,63-,64+,69+,70-,72+,74+,75-,77-,78+,79+,80-,91-/m1/s1. The third-order valence-electron chi connectivity index (χ3n) is 24.1. The number of esters is 1. The summed E-state index contributed by atoms with van der Waals surface area (Å²) < 4.78 is 82.5. The quantitative estimate of drug-likeness (QED) is 0.00862. The van der Waals surface area contributed by atoms with E-state index in [-0.39, 0.29) is 87.3 Å². The number of methoxy groups -OCH3 is 2. The number of benzene rings is 2. The Labute approximate surface area is 732 Å². The fraction of sp³-hybridized carbons (Fsp3) is 0.648. The zero-order valence-corrected chi connectivity index (χ0v) is 73.9. The molecule has 7 heterocycles. The molecule has 10 N–H and O–H groups in total. The van der Waals surface area contributed by atoms with Gasteiger partial charge in [0, 0.05) is 89.0 Å². The van der Waals surface area contributed by atoms with Crippen molar-refractivity contribution in [3.8, 4) is 11.3 Å². The molecular formula is C91H133N11O23. The highest BCUT2D eigenvalue weighted by Gasteiger charge is 2.53. The minimum absolute atomic E-state index is 0.0370. The number of allylic oxidation sites excluding steroid dienone is 5. The van der Waals surface area contributed by atoms with Gasteiger partial charge in [0.15, 0.2) is 11.2 Å². The lowest BCUT2D eigenvalue weighted by Gasteiger charge is -2.42. The molecule has 0 unspecified atom stereocenters. The molecule has 2 bridgehead atoms. The zero-order chi connectivity index (χ0) is 89.4. The minimum Gasteiger partial charge on any atom is -0.459 e. The summed E-state index contributed by atoms with van der Waals surface area (Å²) in [4.78, 5) is 99.4. The summed E-state index contributed by atoms with van der Waals surface area (Å²) in [6.45, 7) is 18.5. The number of rotatable bonds is 36. The highest BCUT2D eigenvalue weighted by atomic mass is 16.6. The number of nitrogens with two attached hydrogens (primary N) is 3. The van der Waals surface area contributed by atoms with Crippen molar-refractivity contribution in [2.24, 2.45) is 35.3 Å². The van der Waals surface area contributed by atoms with Crippen LogP contribution in [-0.2, 0) is 105 Å². The van der Waals surface area contributed by atoms with Gasteiger partial charge in [-0.1, -0.05) is 82.4 Å². The summed E-state index contributed by atoms with van der Waals surface area (Å²) in [5.41, 5.74) is 27.1. The van der Waals surface area contributed by atoms with Gasteiger partial charge < -0.3 is 114 Å². The van der Waals surface area contributed by atoms with E-state index in [1.165, 1.54) is 19.0 Å². The van der Waals surface area contributed by atoms with Crippen LogP contribution in [0.25, 0.3) is 33.4 Å². The molecule has 3 aromatic heterocycles. The SMILES string of the molecule is CO[C@H]1C[C@@H]2CC[C@@H](C)[C@@](O)(O2)C(=O)C(=O)N2CCCC[C@H]2C(=O)O[C@H]([C@H](N)C[C@@H]2CC[C@@H](OC(=O)NCCOCCOCCOCCOCCOCCOCCOCCOCCC(=O)N3CCc4cc(Cn5nc(-c6ccc7oc(N)nc7c6)c6c(N)ncnc65)ccc4C3)[C@H](OC)C2)C[C@@H](O)[C@H](C)/C=C(\C)[C@@H](O)CC(=O)[C@H](C)C[C@H](C)/C=C/C=CC=C1C. The van der Waals surface area contributed by atoms with Crippen molar-refractivity contribution in [2.45, 2.75) is 212 Å². The maximum Gasteiger partial charge on any atom is 0.407 e. The molecule has 15 atom stereocenters. The molecule has 1 saturated carbocycles. The van der Waals surface area contributed by atoms with Gasteiger partial charge in [-0.3, -0.25) is 19.2 Å². The van der Waals surface area contributed by atoms with Crippen molar-refractivity contribution >= 4 is 69.4 Å². The molecule has 34 heteroatoms. The lowest BCUT2D eigenvalue weighted by atomic mass is 9.80. The number of piperidine rings is 1. The van der Waals surface area contributed by atoms with Crippen LogP contribution in [0.15, 0.2) is 94.7 Å². The fourth-order valence-corrected chi connectivity index (χ4v) is 16.7. The summed E-state index contributed by atoms with van der Waals surface area (Å²) in [6.07, 6.45) is 11.9. The average molecular weight is 1750 g/mol. The molecule has 1 aliphatic carbocycles. The summed E-state index contributed by atoms with van der Waals surface area (Å²) >= 11 is 0. The number of nitrogens with one attached hydrogen (secondary N) is 1. The molecule has 34 nitrogen and oxygen atoms in total. The molecular weight excluding hydrogens is 1620 g/mol. The van der Waals surface area contributed by atoms with Crippen LogP contribution >= 0.6 is 0 Å². The number of aliphatic hydroxyl groups excluding tert-OH is 2. The molecule has 125 heavy (non-hydrogen) atoms. The van der Waals surface area contributed by atoms with Crippen LogP contribution in [0.1, 0.15) is 148 Å². The number of ether oxygens (including phenoxy) is 13. The highest BCUT2D eigenvalue weighted by Crippen LogP contribution is 2.39. The van der Waals surface area contributed by atoms with E-state index in [1.807, 2.05) is 72.9 Å². The molecule has 0 radical (unpaired) electrons. The molecule has 690 valence electrons. The summed E-state index contributed by atoms with van der Waals surface area (Å²) in [5, 5.41) is 43.7. The minimum atomic E-state index is -2.48. The number of carbonyl (C=O) groups excluding carboxylic acids is 6. The number of carbonyl (C=O) groups is 6. The molecule has 3 amide bonds. The average Bonchev–Trinajstić information content (AvgIpc) is 1.70. The maximum absolute atomic E-state index is 14.7. The lowest BCUT2D eigenvalue weighted by Crippen LogP contribution is -2.61. The first kappa shape index (κ1) is 98.6. The summed E-state index contributed by atoms with van der Waals surface area (Å²) in [5.74, 6) is -7.03. The highest BCUT2D eigenvalue weighted by molar-refractivity contribution is 6.39. The Bertz CT molecular complexity index is 4400. The van der Waals surface area contributed by atoms with E-state index in [4.69, 9.17) is 88.3 Å². The third-order valence-corrected chi connectivity index (χ3v) is 24.1. The molecule has 3 fully saturated rings. The van der Waals surface area contributed by atoms with Crippen molar-refractivity contribution in [2.75, 3.05) is 151 Å². The first-order chi connectivity index (χ1) is 60.3. The number of anilines is 2. The van der Waals surface area contributed by atoms with Gasteiger partial charge in [-0.25, -0.2) is 24.2 Å². The van der Waals surface area contributed by atoms with Gasteiger partial charge in [0.2, 0.25) is 11.7 Å². The van der Waals surface area contributed by atoms with E-state index in [0.717, 1.165) is 33.6 Å². The van der Waals surface area contributed by atoms with E-state index in [0.29, 0.717) is 216 Å². The van der Waals surface area contributed by atoms with Gasteiger partial charge >= 0.3 is 12.1 Å². The van der Waals surface area contributed by atoms with Crippen LogP contribution in [0.5, 0.6) is 0 Å². The van der Waals surface area contributed by atoms with E-state index < -0.39 is 96.2 Å². The zero-order valence-electron chi connectivity index (χ0n) is 73.9. The second kappa shape index (κ2) is 50.3. The van der Waals surface area contributed by atoms with Gasteiger partial charge in [-0.2, -0.15) is 10.1 Å². The number of aromatic nitrogens is 5. The third kappa shape index (κ3) is 29.5. The molecule has 4 aliphatic heterocycles. The van der Waals surface area contributed by atoms with Crippen molar-refractivity contribution in [1.29, 1.82) is 0 Å². The number of amides is 3. The van der Waals surface area contributed by atoms with Crippen LogP contribution < -0.4 is 22.5 Å². The van der Waals surface area contributed by atoms with Crippen molar-refractivity contribution in [1.82, 2.24) is 39.8 Å². The number of Topliss-reactive ketones (excluding diaryl/α,β-unsaturated/α-hetero) is 2. The van der Waals surface area contributed by atoms with Gasteiger partial charge in [-0.05, 0) is 142 Å². The Morgan fingerprint density at radius 3 is 2.07 bits per heavy atom. The first-order valence-electron chi connectivity index (χ1n) is 44.2. The number of ketones is 2. The largest absolute Gasteiger partial charge is 0.459 e. The Morgan fingerprint density at radius 1 is 0.712 bits per heavy atom. The van der Waals surface area contributed by atoms with E-state index >= 15 is 0 Å². The van der Waals surface area contributed by atoms with Crippen LogP contribution in [0, 0.1) is 29.6 Å². The number of fused-ring (bicyclic) bond motifs is 6. The molecule has 0 spiro atoms. The number of nitrogens with zero attached hydrogens (tertiary/aromatic N) is 7. The predicted octanol–water partition coefficient (Wildman–Crippen LogP) is 8.04. The molecule has 5 aromatic rings. The molecule has 2 saturated heterocycles. The second-order valence-electron chi connectivity index (χ2n) is 33.5. The van der Waals surface area contributed by atoms with Crippen molar-refractivity contribution < 1.29 is 110 Å². The molecule has 5 aliphatic rings. The summed E-state index contributed by atoms with van der Waals surface area (Å²) in [7, 11) is 3.11. The smallest absolute Gasteiger partial charge is 0.407 e. The van der Waals surface area contributed by atoms with Gasteiger partial charge in [0.1, 0.15) is 47.4 Å². The normalized spacial score (nSPS) is 26.5. The number of alkyl carbamates (subject to hydrolysis) is 1. The number of nitrogen functional groups attached to an aromatic ring is 2. The van der Waals surface area contributed by atoms with Gasteiger partial charge in [-0.15, -0.1) is 0 Å². The number of hydrogen-bond donors (Lipinski definition) is 7. The molecule has 10 rings (SSSR count). The lowest BCUT2D eigenvalue weighted by molar-refractivity contribution is -0.265. The maximum atomic E-state index is 14.7. The van der Waals surface area contributed by atoms with E-state index in [2.05, 4.69) is 38.5 Å². The van der Waals surface area contributed by atoms with E-state index in [1.54, 1.807) is 40.0 Å². The Hall–Kier alpha value is -8.56. The van der Waals surface area contributed by atoms with Gasteiger partial charge in [0.05, 0.1) is 155 Å². The fourth-order valence-electron chi connectivity index (χ4n) is 16.7. The Balaban J connectivity index is 0.544. The predicted molar refractivity (Wildman–Crippen MR) is 464 cm³/mol. The monoisotopic (exact) mass is 1750 g/mol. The van der Waals surface area contributed by atoms with Crippen LogP contribution in [-0.4, -0.2) is 285 Å². The topological polar surface area (TPSA) is 449 Å². The van der Waals surface area contributed by atoms with Crippen LogP contribution in [0.3, 0.4) is 0 Å². The number of oxazole rings is 1. The second-order valence-corrected chi connectivity index (χ2v) is 33.5. The van der Waals surface area contributed by atoms with Crippen molar-refractivity contribution in [3.05, 3.63) is 107 Å². The number of hydrogen-bond acceptors (Lipinski definition) is 30. The van der Waals surface area contributed by atoms with Crippen LogP contribution in [0.4, 0.5) is 16.6 Å². The number of aliphatic hydroxyl groups is 3. The summed E-state index contributed by atoms with van der Waals surface area (Å²) in [6, 6.07) is 9.84. The Morgan fingerprint density at radius 2 is 1.39 bits per heavy atom. The van der Waals surface area contributed by atoms with E-state index in [9.17, 15) is 44.1 Å². The molecule has 2 aromatic carbocycles. The van der Waals surface area contributed by atoms with Crippen LogP contribution in [0.2, 0.25) is 0 Å². The Kier molecular flexibility index (Phi) is 39.7. The number of cyclic esters (lactones) is 1. The van der Waals surface area contributed by atoms with Gasteiger partial charge in [0.25, 0.3) is 17.7 Å². The first-order valence-corrected chi connectivity index (χ1v) is 44.2. The van der Waals surface area contributed by atoms with Crippen molar-refractivity contribution in [3.63, 3.8) is 0 Å².